The van der Waals surface area contributed by atoms with Crippen molar-refractivity contribution in [3.63, 3.8) is 0 Å². The first kappa shape index (κ1) is 20.4. The lowest BCUT2D eigenvalue weighted by Crippen LogP contribution is -2.26. The third kappa shape index (κ3) is 4.08. The monoisotopic (exact) mass is 396 g/mol. The molecule has 0 aliphatic carbocycles. The molecule has 2 aromatic heterocycles. The van der Waals surface area contributed by atoms with Crippen LogP contribution in [0.25, 0.3) is 0 Å². The zero-order valence-corrected chi connectivity index (χ0v) is 17.5. The van der Waals surface area contributed by atoms with Crippen LogP contribution >= 0.6 is 0 Å². The molecule has 0 unspecified atom stereocenters. The predicted molar refractivity (Wildman–Crippen MR) is 109 cm³/mol. The lowest BCUT2D eigenvalue weighted by molar-refractivity contribution is -0.115. The normalized spacial score (nSPS) is 14.7. The van der Waals surface area contributed by atoms with Crippen molar-refractivity contribution in [3.05, 3.63) is 40.9 Å². The summed E-state index contributed by atoms with van der Waals surface area (Å²) in [5.41, 5.74) is 2.54. The van der Waals surface area contributed by atoms with Gasteiger partial charge in [-0.15, -0.1) is 0 Å². The van der Waals surface area contributed by atoms with Crippen LogP contribution < -0.4 is 5.32 Å². The Balaban J connectivity index is 1.97. The summed E-state index contributed by atoms with van der Waals surface area (Å²) in [6.45, 7) is 14.9. The highest BCUT2D eigenvalue weighted by Crippen LogP contribution is 2.25. The van der Waals surface area contributed by atoms with Crippen molar-refractivity contribution in [2.45, 2.75) is 53.4 Å². The Labute approximate surface area is 168 Å². The van der Waals surface area contributed by atoms with Crippen LogP contribution in [0, 0.1) is 13.8 Å². The van der Waals surface area contributed by atoms with Crippen molar-refractivity contribution in [2.24, 2.45) is 9.98 Å². The second-order valence-corrected chi connectivity index (χ2v) is 8.00. The van der Waals surface area contributed by atoms with E-state index in [2.05, 4.69) is 32.1 Å². The number of nitrogens with one attached hydrogen (secondary N) is 1. The third-order valence-corrected chi connectivity index (χ3v) is 4.62. The molecule has 3 heterocycles. The standard InChI is InChI=1S/C20H24N6O3/c1-10-11(2)21-19(23-18(10)28)26-16(9-15(24-26)20(5,6)7)22-17(27)8-14-12(3)25-29-13(14)4/h9H,1,8H2,2-7H3,(H,22,27). The zero-order valence-electron chi connectivity index (χ0n) is 17.5. The Bertz CT molecular complexity index is 1060. The maximum atomic E-state index is 12.7. The molecular formula is C20H24N6O3. The summed E-state index contributed by atoms with van der Waals surface area (Å²) >= 11 is 0. The number of carbonyl (C=O) groups excluding carboxylic acids is 2. The number of rotatable bonds is 3. The molecule has 0 saturated heterocycles. The minimum atomic E-state index is -0.478. The fraction of sp³-hybridized carbons (Fsp3) is 0.400. The van der Waals surface area contributed by atoms with E-state index in [9.17, 15) is 9.59 Å². The Kier molecular flexibility index (Phi) is 5.08. The van der Waals surface area contributed by atoms with Crippen LogP contribution in [-0.4, -0.2) is 38.4 Å². The summed E-state index contributed by atoms with van der Waals surface area (Å²) in [4.78, 5) is 33.1. The van der Waals surface area contributed by atoms with Gasteiger partial charge in [0.15, 0.2) is 0 Å². The van der Waals surface area contributed by atoms with Gasteiger partial charge in [0, 0.05) is 17.0 Å². The molecule has 2 amide bonds. The predicted octanol–water partition coefficient (Wildman–Crippen LogP) is 2.73. The third-order valence-electron chi connectivity index (χ3n) is 4.62. The summed E-state index contributed by atoms with van der Waals surface area (Å²) in [7, 11) is 0. The van der Waals surface area contributed by atoms with Gasteiger partial charge in [0.1, 0.15) is 11.6 Å². The van der Waals surface area contributed by atoms with Crippen molar-refractivity contribution in [2.75, 3.05) is 5.32 Å². The lowest BCUT2D eigenvalue weighted by atomic mass is 9.92. The molecular weight excluding hydrogens is 372 g/mol. The zero-order chi connectivity index (χ0) is 21.5. The van der Waals surface area contributed by atoms with E-state index in [1.807, 2.05) is 20.8 Å². The Morgan fingerprint density at radius 1 is 1.24 bits per heavy atom. The number of hydrogen-bond donors (Lipinski definition) is 1. The van der Waals surface area contributed by atoms with Gasteiger partial charge in [0.05, 0.1) is 29.1 Å². The number of anilines is 1. The molecule has 0 fully saturated rings. The first-order chi connectivity index (χ1) is 13.5. The molecule has 0 bridgehead atoms. The SMILES string of the molecule is C=C1C(=O)N=C(n2nc(C(C)(C)C)cc2NC(=O)Cc2c(C)noc2C)N=C1C. The summed E-state index contributed by atoms with van der Waals surface area (Å²) in [5.74, 6) is 0.315. The molecule has 9 heteroatoms. The second-order valence-electron chi connectivity index (χ2n) is 8.00. The van der Waals surface area contributed by atoms with E-state index in [1.165, 1.54) is 4.68 Å². The molecule has 152 valence electrons. The lowest BCUT2D eigenvalue weighted by Gasteiger charge is -2.14. The van der Waals surface area contributed by atoms with Gasteiger partial charge in [-0.3, -0.25) is 9.59 Å². The summed E-state index contributed by atoms with van der Waals surface area (Å²) in [5, 5.41) is 11.3. The maximum Gasteiger partial charge on any atom is 0.281 e. The molecule has 29 heavy (non-hydrogen) atoms. The molecule has 0 saturated carbocycles. The summed E-state index contributed by atoms with van der Waals surface area (Å²) in [6, 6.07) is 1.76. The molecule has 1 aliphatic rings. The molecule has 1 aliphatic heterocycles. The molecule has 0 radical (unpaired) electrons. The van der Waals surface area contributed by atoms with Gasteiger partial charge in [-0.2, -0.15) is 14.8 Å². The first-order valence-electron chi connectivity index (χ1n) is 9.17. The van der Waals surface area contributed by atoms with Gasteiger partial charge in [-0.1, -0.05) is 32.5 Å². The highest BCUT2D eigenvalue weighted by molar-refractivity contribution is 6.27. The van der Waals surface area contributed by atoms with Gasteiger partial charge in [0.25, 0.3) is 11.9 Å². The van der Waals surface area contributed by atoms with E-state index >= 15 is 0 Å². The first-order valence-corrected chi connectivity index (χ1v) is 9.17. The molecule has 0 aromatic carbocycles. The average Bonchev–Trinajstić information content (AvgIpc) is 3.18. The van der Waals surface area contributed by atoms with E-state index in [0.717, 1.165) is 11.3 Å². The number of nitrogens with zero attached hydrogens (tertiary/aromatic N) is 5. The van der Waals surface area contributed by atoms with Gasteiger partial charge in [-0.05, 0) is 20.8 Å². The number of aliphatic imine (C=N–C) groups is 2. The minimum absolute atomic E-state index is 0.0861. The number of amides is 2. The van der Waals surface area contributed by atoms with E-state index in [4.69, 9.17) is 4.52 Å². The van der Waals surface area contributed by atoms with Crippen molar-refractivity contribution in [1.82, 2.24) is 14.9 Å². The van der Waals surface area contributed by atoms with Crippen LogP contribution in [0.4, 0.5) is 5.82 Å². The van der Waals surface area contributed by atoms with Gasteiger partial charge < -0.3 is 9.84 Å². The van der Waals surface area contributed by atoms with Crippen molar-refractivity contribution < 1.29 is 14.1 Å². The Morgan fingerprint density at radius 3 is 2.48 bits per heavy atom. The summed E-state index contributed by atoms with van der Waals surface area (Å²) in [6.07, 6.45) is 0.0989. The molecule has 9 nitrogen and oxygen atoms in total. The molecule has 2 aromatic rings. The highest BCUT2D eigenvalue weighted by Gasteiger charge is 2.26. The largest absolute Gasteiger partial charge is 0.361 e. The minimum Gasteiger partial charge on any atom is -0.361 e. The Hall–Kier alpha value is -3.36. The smallest absolute Gasteiger partial charge is 0.281 e. The van der Waals surface area contributed by atoms with Crippen LogP contribution in [-0.2, 0) is 21.4 Å². The fourth-order valence-electron chi connectivity index (χ4n) is 2.74. The van der Waals surface area contributed by atoms with Crippen molar-refractivity contribution in [1.29, 1.82) is 0 Å². The van der Waals surface area contributed by atoms with Crippen LogP contribution in [0.15, 0.2) is 32.7 Å². The van der Waals surface area contributed by atoms with E-state index in [-0.39, 0.29) is 29.3 Å². The summed E-state index contributed by atoms with van der Waals surface area (Å²) < 4.78 is 6.49. The maximum absolute atomic E-state index is 12.7. The van der Waals surface area contributed by atoms with Gasteiger partial charge >= 0.3 is 0 Å². The number of hydrogen-bond acceptors (Lipinski definition) is 6. The fourth-order valence-corrected chi connectivity index (χ4v) is 2.74. The molecule has 1 N–H and O–H groups in total. The van der Waals surface area contributed by atoms with Crippen LogP contribution in [0.1, 0.15) is 50.4 Å². The van der Waals surface area contributed by atoms with E-state index in [1.54, 1.807) is 26.8 Å². The van der Waals surface area contributed by atoms with Crippen LogP contribution in [0.3, 0.4) is 0 Å². The molecule has 0 spiro atoms. The Morgan fingerprint density at radius 2 is 1.93 bits per heavy atom. The van der Waals surface area contributed by atoms with Crippen molar-refractivity contribution in [3.8, 4) is 0 Å². The number of aromatic nitrogens is 3. The second kappa shape index (κ2) is 7.23. The van der Waals surface area contributed by atoms with Crippen LogP contribution in [0.2, 0.25) is 0 Å². The average molecular weight is 396 g/mol. The molecule has 3 rings (SSSR count). The topological polar surface area (TPSA) is 115 Å². The quantitative estimate of drug-likeness (QED) is 0.801. The van der Waals surface area contributed by atoms with Crippen molar-refractivity contribution >= 4 is 29.3 Å². The number of carbonyl (C=O) groups is 2. The van der Waals surface area contributed by atoms with E-state index in [0.29, 0.717) is 23.0 Å². The van der Waals surface area contributed by atoms with E-state index < -0.39 is 5.91 Å². The highest BCUT2D eigenvalue weighted by atomic mass is 16.5. The number of aryl methyl sites for hydroxylation is 2. The van der Waals surface area contributed by atoms with Crippen LogP contribution in [0.5, 0.6) is 0 Å². The van der Waals surface area contributed by atoms with Gasteiger partial charge in [0.2, 0.25) is 5.91 Å². The molecule has 0 atom stereocenters. The van der Waals surface area contributed by atoms with Gasteiger partial charge in [-0.25, -0.2) is 4.99 Å².